The quantitative estimate of drug-likeness (QED) is 0.805. The van der Waals surface area contributed by atoms with Crippen LogP contribution in [0.4, 0.5) is 0 Å². The van der Waals surface area contributed by atoms with E-state index in [1.807, 2.05) is 16.8 Å². The number of amides is 1. The molecule has 1 amide bonds. The van der Waals surface area contributed by atoms with Crippen molar-refractivity contribution in [2.75, 3.05) is 13.1 Å². The van der Waals surface area contributed by atoms with Crippen LogP contribution in [0.2, 0.25) is 0 Å². The molecule has 0 N–H and O–H groups in total. The zero-order chi connectivity index (χ0) is 17.4. The van der Waals surface area contributed by atoms with Crippen molar-refractivity contribution >= 4 is 28.6 Å². The number of hydrogen-bond donors (Lipinski definition) is 0. The number of nitrogens with zero attached hydrogens (tertiary/aromatic N) is 4. The van der Waals surface area contributed by atoms with Gasteiger partial charge in [0.2, 0.25) is 5.91 Å². The van der Waals surface area contributed by atoms with Gasteiger partial charge < -0.3 is 4.90 Å². The zero-order valence-corrected chi connectivity index (χ0v) is 16.4. The second kappa shape index (κ2) is 7.13. The summed E-state index contributed by atoms with van der Waals surface area (Å²) in [5.74, 6) is 0.458. The van der Waals surface area contributed by atoms with E-state index in [2.05, 4.69) is 39.0 Å². The van der Waals surface area contributed by atoms with E-state index in [-0.39, 0.29) is 5.92 Å². The summed E-state index contributed by atoms with van der Waals surface area (Å²) in [6.45, 7) is 7.69. The summed E-state index contributed by atoms with van der Waals surface area (Å²) in [6.07, 6.45) is 3.12. The van der Waals surface area contributed by atoms with Crippen LogP contribution < -0.4 is 0 Å². The van der Waals surface area contributed by atoms with E-state index < -0.39 is 0 Å². The summed E-state index contributed by atoms with van der Waals surface area (Å²) in [5.41, 5.74) is 4.09. The van der Waals surface area contributed by atoms with Gasteiger partial charge in [-0.15, -0.1) is 22.7 Å². The summed E-state index contributed by atoms with van der Waals surface area (Å²) < 4.78 is 0. The number of carbonyl (C=O) groups is 1. The molecule has 0 unspecified atom stereocenters. The van der Waals surface area contributed by atoms with E-state index in [0.717, 1.165) is 49.6 Å². The third kappa shape index (κ3) is 3.50. The van der Waals surface area contributed by atoms with Crippen LogP contribution in [-0.2, 0) is 24.3 Å². The first-order valence-corrected chi connectivity index (χ1v) is 10.7. The van der Waals surface area contributed by atoms with Gasteiger partial charge in [0.05, 0.1) is 34.4 Å². The molecule has 0 saturated carbocycles. The van der Waals surface area contributed by atoms with Crippen molar-refractivity contribution in [2.45, 2.75) is 52.2 Å². The number of piperidine rings is 1. The summed E-state index contributed by atoms with van der Waals surface area (Å²) in [7, 11) is 0. The van der Waals surface area contributed by atoms with Gasteiger partial charge in [-0.25, -0.2) is 9.97 Å². The van der Waals surface area contributed by atoms with Crippen LogP contribution >= 0.6 is 22.7 Å². The van der Waals surface area contributed by atoms with Crippen molar-refractivity contribution in [3.05, 3.63) is 32.2 Å². The highest BCUT2D eigenvalue weighted by Gasteiger charge is 2.40. The molecule has 0 radical (unpaired) electrons. The minimum absolute atomic E-state index is 0.136. The van der Waals surface area contributed by atoms with Crippen molar-refractivity contribution in [3.8, 4) is 0 Å². The highest BCUT2D eigenvalue weighted by Crippen LogP contribution is 2.32. The molecular formula is C18H24N4OS2. The molecule has 134 valence electrons. The maximum absolute atomic E-state index is 12.9. The van der Waals surface area contributed by atoms with Gasteiger partial charge in [-0.2, -0.15) is 0 Å². The number of thiazole rings is 2. The standard InChI is InChI=1S/C18H24N4OS2/c1-3-16-17(25-12(2)20-16)9-21-6-13-4-5-15(8-21)22(18(13)23)7-14-10-24-11-19-14/h10-11,13,15H,3-9H2,1-2H3/t13-,15+/m0/s1. The molecule has 2 bridgehead atoms. The molecule has 25 heavy (non-hydrogen) atoms. The molecule has 0 aliphatic carbocycles. The summed E-state index contributed by atoms with van der Waals surface area (Å²) in [5, 5.41) is 3.20. The Morgan fingerprint density at radius 3 is 2.92 bits per heavy atom. The topological polar surface area (TPSA) is 49.3 Å². The molecule has 0 aromatic carbocycles. The lowest BCUT2D eigenvalue weighted by atomic mass is 9.94. The van der Waals surface area contributed by atoms with Crippen molar-refractivity contribution in [1.29, 1.82) is 0 Å². The number of aryl methyl sites for hydroxylation is 2. The molecule has 3 fully saturated rings. The predicted octanol–water partition coefficient (Wildman–Crippen LogP) is 3.09. The average Bonchev–Trinajstić information content (AvgIpc) is 3.14. The van der Waals surface area contributed by atoms with E-state index in [1.165, 1.54) is 10.6 Å². The van der Waals surface area contributed by atoms with Gasteiger partial charge in [-0.05, 0) is 26.2 Å². The van der Waals surface area contributed by atoms with E-state index in [4.69, 9.17) is 0 Å². The lowest BCUT2D eigenvalue weighted by Crippen LogP contribution is -2.47. The highest BCUT2D eigenvalue weighted by atomic mass is 32.1. The number of carbonyl (C=O) groups excluding carboxylic acids is 1. The fraction of sp³-hybridized carbons (Fsp3) is 0.611. The van der Waals surface area contributed by atoms with Gasteiger partial charge in [-0.3, -0.25) is 9.69 Å². The van der Waals surface area contributed by atoms with Gasteiger partial charge in [0.25, 0.3) is 0 Å². The molecule has 2 aromatic rings. The first-order valence-electron chi connectivity index (χ1n) is 8.99. The fourth-order valence-corrected chi connectivity index (χ4v) is 5.69. The Balaban J connectivity index is 1.51. The third-order valence-electron chi connectivity index (χ3n) is 5.27. The maximum Gasteiger partial charge on any atom is 0.227 e. The van der Waals surface area contributed by atoms with Crippen molar-refractivity contribution in [3.63, 3.8) is 0 Å². The first-order chi connectivity index (χ1) is 12.1. The Hall–Kier alpha value is -1.31. The van der Waals surface area contributed by atoms with Gasteiger partial charge in [0.15, 0.2) is 0 Å². The zero-order valence-electron chi connectivity index (χ0n) is 14.8. The number of fused-ring (bicyclic) bond motifs is 4. The molecule has 3 aliphatic rings. The number of hydrogen-bond acceptors (Lipinski definition) is 6. The Kier molecular flexibility index (Phi) is 4.88. The van der Waals surface area contributed by atoms with Crippen LogP contribution in [0.15, 0.2) is 10.9 Å². The van der Waals surface area contributed by atoms with Crippen LogP contribution in [0.1, 0.15) is 41.0 Å². The second-order valence-corrected chi connectivity index (χ2v) is 9.03. The molecule has 0 spiro atoms. The molecule has 3 saturated heterocycles. The number of rotatable bonds is 5. The molecule has 3 aliphatic heterocycles. The predicted molar refractivity (Wildman–Crippen MR) is 101 cm³/mol. The molecule has 2 atom stereocenters. The average molecular weight is 377 g/mol. The van der Waals surface area contributed by atoms with E-state index in [1.54, 1.807) is 11.3 Å². The van der Waals surface area contributed by atoms with Crippen molar-refractivity contribution < 1.29 is 4.79 Å². The van der Waals surface area contributed by atoms with E-state index in [0.29, 0.717) is 18.5 Å². The van der Waals surface area contributed by atoms with Gasteiger partial charge in [0.1, 0.15) is 0 Å². The number of aromatic nitrogens is 2. The smallest absolute Gasteiger partial charge is 0.227 e. The molecule has 5 rings (SSSR count). The molecule has 5 nitrogen and oxygen atoms in total. The molecule has 5 heterocycles. The molecule has 7 heteroatoms. The van der Waals surface area contributed by atoms with Crippen LogP contribution in [0, 0.1) is 12.8 Å². The lowest BCUT2D eigenvalue weighted by molar-refractivity contribution is -0.140. The monoisotopic (exact) mass is 376 g/mol. The minimum Gasteiger partial charge on any atom is -0.332 e. The lowest BCUT2D eigenvalue weighted by Gasteiger charge is -2.35. The van der Waals surface area contributed by atoms with Crippen LogP contribution in [-0.4, -0.2) is 44.8 Å². The summed E-state index contributed by atoms with van der Waals surface area (Å²) in [4.78, 5) is 27.9. The highest BCUT2D eigenvalue weighted by molar-refractivity contribution is 7.11. The van der Waals surface area contributed by atoms with Gasteiger partial charge >= 0.3 is 0 Å². The Bertz CT molecular complexity index is 742. The van der Waals surface area contributed by atoms with Crippen LogP contribution in [0.5, 0.6) is 0 Å². The first kappa shape index (κ1) is 17.1. The van der Waals surface area contributed by atoms with Gasteiger partial charge in [-0.1, -0.05) is 6.92 Å². The second-order valence-electron chi connectivity index (χ2n) is 7.02. The Morgan fingerprint density at radius 1 is 1.28 bits per heavy atom. The maximum atomic E-state index is 12.9. The Labute approximate surface area is 156 Å². The SMILES string of the molecule is CCc1nc(C)sc1CN1C[C@@H]2CC[C@H](C1)N(Cc1cscn1)C2=O. The van der Waals surface area contributed by atoms with Crippen LogP contribution in [0.3, 0.4) is 0 Å². The third-order valence-corrected chi connectivity index (χ3v) is 6.91. The fourth-order valence-electron chi connectivity index (χ4n) is 4.07. The summed E-state index contributed by atoms with van der Waals surface area (Å²) >= 11 is 3.41. The van der Waals surface area contributed by atoms with Crippen molar-refractivity contribution in [2.24, 2.45) is 5.92 Å². The normalized spacial score (nSPS) is 24.1. The molecular weight excluding hydrogens is 352 g/mol. The minimum atomic E-state index is 0.136. The van der Waals surface area contributed by atoms with E-state index >= 15 is 0 Å². The van der Waals surface area contributed by atoms with E-state index in [9.17, 15) is 4.79 Å². The van der Waals surface area contributed by atoms with Crippen molar-refractivity contribution in [1.82, 2.24) is 19.8 Å². The largest absolute Gasteiger partial charge is 0.332 e. The van der Waals surface area contributed by atoms with Crippen LogP contribution in [0.25, 0.3) is 0 Å². The molecule has 2 aromatic heterocycles. The van der Waals surface area contributed by atoms with Gasteiger partial charge in [0, 0.05) is 35.9 Å². The summed E-state index contributed by atoms with van der Waals surface area (Å²) in [6, 6.07) is 0.312. The Morgan fingerprint density at radius 2 is 2.16 bits per heavy atom.